The Hall–Kier alpha value is -2.35. The third kappa shape index (κ3) is 11.3. The minimum atomic E-state index is -2.74. The number of carboxylic acids is 3. The standard InChI is InChI=1S/C19H28N2OS2.C6H8O7/c1-16-6-13-23-19(16)15-21(14-18-5-4-17(2)24-18)8-3-7-20-9-11-22-12-10-20;7-3(8)1-6(13,5(11)12)2-4(9)10/h4-6,13H,3,7-12,14-15H2,1-2H3;13H,1-2H2,(H,7,8)(H,9,10)(H,11,12). The number of hydrogen-bond acceptors (Lipinski definition) is 9. The molecule has 1 fully saturated rings. The van der Waals surface area contributed by atoms with Crippen molar-refractivity contribution in [1.82, 2.24) is 9.80 Å². The molecular weight excluding hydrogens is 520 g/mol. The number of nitrogens with zero attached hydrogens (tertiary/aromatic N) is 2. The number of carboxylic acid groups (broad SMARTS) is 3. The first kappa shape index (κ1) is 30.9. The summed E-state index contributed by atoms with van der Waals surface area (Å²) in [7, 11) is 0. The first-order chi connectivity index (χ1) is 17.5. The molecule has 12 heteroatoms. The monoisotopic (exact) mass is 556 g/mol. The molecule has 0 radical (unpaired) electrons. The number of aryl methyl sites for hydroxylation is 2. The van der Waals surface area contributed by atoms with Crippen molar-refractivity contribution >= 4 is 40.6 Å². The van der Waals surface area contributed by atoms with Crippen LogP contribution in [0.5, 0.6) is 0 Å². The smallest absolute Gasteiger partial charge is 0.336 e. The summed E-state index contributed by atoms with van der Waals surface area (Å²) in [6.45, 7) is 12.9. The maximum absolute atomic E-state index is 10.3. The molecule has 0 aliphatic carbocycles. The summed E-state index contributed by atoms with van der Waals surface area (Å²) in [5.41, 5.74) is -1.31. The minimum Gasteiger partial charge on any atom is -0.481 e. The fourth-order valence-electron chi connectivity index (χ4n) is 3.83. The summed E-state index contributed by atoms with van der Waals surface area (Å²) < 4.78 is 5.44. The van der Waals surface area contributed by atoms with Gasteiger partial charge in [0.15, 0.2) is 5.60 Å². The van der Waals surface area contributed by atoms with E-state index in [4.69, 9.17) is 25.2 Å². The molecule has 1 saturated heterocycles. The average Bonchev–Trinajstić information content (AvgIpc) is 3.41. The van der Waals surface area contributed by atoms with Crippen LogP contribution >= 0.6 is 22.7 Å². The lowest BCUT2D eigenvalue weighted by molar-refractivity contribution is -0.170. The van der Waals surface area contributed by atoms with E-state index in [1.54, 1.807) is 0 Å². The first-order valence-electron chi connectivity index (χ1n) is 12.0. The molecule has 0 bridgehead atoms. The van der Waals surface area contributed by atoms with Crippen LogP contribution in [0.2, 0.25) is 0 Å². The van der Waals surface area contributed by atoms with Crippen LogP contribution in [0.15, 0.2) is 23.6 Å². The molecule has 1 aliphatic rings. The number of rotatable bonds is 13. The van der Waals surface area contributed by atoms with Crippen molar-refractivity contribution in [1.29, 1.82) is 0 Å². The number of aliphatic carboxylic acids is 3. The van der Waals surface area contributed by atoms with Gasteiger partial charge in [-0.25, -0.2) is 4.79 Å². The van der Waals surface area contributed by atoms with Gasteiger partial charge >= 0.3 is 17.9 Å². The maximum Gasteiger partial charge on any atom is 0.336 e. The van der Waals surface area contributed by atoms with E-state index in [-0.39, 0.29) is 0 Å². The van der Waals surface area contributed by atoms with Crippen LogP contribution in [0.25, 0.3) is 0 Å². The molecule has 4 N–H and O–H groups in total. The van der Waals surface area contributed by atoms with Crippen molar-refractivity contribution in [2.75, 3.05) is 39.4 Å². The lowest BCUT2D eigenvalue weighted by Gasteiger charge is -2.28. The molecule has 0 saturated carbocycles. The zero-order chi connectivity index (χ0) is 27.4. The molecule has 3 rings (SSSR count). The SMILES string of the molecule is Cc1ccc(CN(CCCN2CCOCC2)Cc2sccc2C)s1.O=C(O)CC(O)(CC(=O)O)C(=O)O. The van der Waals surface area contributed by atoms with Crippen molar-refractivity contribution in [3.8, 4) is 0 Å². The van der Waals surface area contributed by atoms with E-state index in [0.29, 0.717) is 0 Å². The van der Waals surface area contributed by atoms with E-state index in [2.05, 4.69) is 47.2 Å². The third-order valence-electron chi connectivity index (χ3n) is 5.85. The van der Waals surface area contributed by atoms with Gasteiger partial charge in [-0.15, -0.1) is 22.7 Å². The van der Waals surface area contributed by atoms with Gasteiger partial charge in [0.05, 0.1) is 26.1 Å². The lowest BCUT2D eigenvalue weighted by Crippen LogP contribution is -2.42. The van der Waals surface area contributed by atoms with E-state index in [9.17, 15) is 14.4 Å². The van der Waals surface area contributed by atoms with Crippen LogP contribution < -0.4 is 0 Å². The van der Waals surface area contributed by atoms with Gasteiger partial charge in [-0.2, -0.15) is 0 Å². The average molecular weight is 557 g/mol. The molecule has 0 atom stereocenters. The molecule has 2 aromatic heterocycles. The topological polar surface area (TPSA) is 148 Å². The summed E-state index contributed by atoms with van der Waals surface area (Å²) in [4.78, 5) is 40.0. The van der Waals surface area contributed by atoms with E-state index in [0.717, 1.165) is 45.9 Å². The molecule has 3 heterocycles. The Kier molecular flexibility index (Phi) is 12.6. The number of ether oxygens (including phenoxy) is 1. The summed E-state index contributed by atoms with van der Waals surface area (Å²) >= 11 is 3.82. The molecule has 0 unspecified atom stereocenters. The highest BCUT2D eigenvalue weighted by Gasteiger charge is 2.40. The summed E-state index contributed by atoms with van der Waals surface area (Å²) in [6.07, 6.45) is -1.06. The van der Waals surface area contributed by atoms with Crippen LogP contribution in [-0.2, 0) is 32.2 Å². The number of morpholine rings is 1. The molecular formula is C25H36N2O8S2. The van der Waals surface area contributed by atoms with Crippen LogP contribution in [-0.4, -0.2) is 93.1 Å². The van der Waals surface area contributed by atoms with Crippen LogP contribution in [0, 0.1) is 13.8 Å². The van der Waals surface area contributed by atoms with Crippen LogP contribution in [0.4, 0.5) is 0 Å². The Morgan fingerprint density at radius 2 is 1.68 bits per heavy atom. The van der Waals surface area contributed by atoms with Gasteiger partial charge in [0, 0.05) is 47.4 Å². The molecule has 10 nitrogen and oxygen atoms in total. The highest BCUT2D eigenvalue weighted by Crippen LogP contribution is 2.22. The van der Waals surface area contributed by atoms with Gasteiger partial charge in [-0.05, 0) is 56.0 Å². The highest BCUT2D eigenvalue weighted by molar-refractivity contribution is 7.11. The van der Waals surface area contributed by atoms with E-state index in [1.807, 2.05) is 22.7 Å². The Morgan fingerprint density at radius 1 is 1.03 bits per heavy atom. The number of hydrogen-bond donors (Lipinski definition) is 4. The van der Waals surface area contributed by atoms with Crippen molar-refractivity contribution in [3.05, 3.63) is 43.8 Å². The van der Waals surface area contributed by atoms with Crippen molar-refractivity contribution < 1.29 is 39.5 Å². The Labute approximate surface area is 224 Å². The van der Waals surface area contributed by atoms with Gasteiger partial charge in [0.25, 0.3) is 0 Å². The second-order valence-electron chi connectivity index (χ2n) is 9.04. The van der Waals surface area contributed by atoms with Crippen molar-refractivity contribution in [3.63, 3.8) is 0 Å². The van der Waals surface area contributed by atoms with Crippen LogP contribution in [0.1, 0.15) is 39.5 Å². The third-order valence-corrected chi connectivity index (χ3v) is 7.84. The molecule has 1 aliphatic heterocycles. The van der Waals surface area contributed by atoms with E-state index in [1.165, 1.54) is 33.2 Å². The first-order valence-corrected chi connectivity index (χ1v) is 13.7. The second-order valence-corrected chi connectivity index (χ2v) is 11.4. The predicted molar refractivity (Wildman–Crippen MR) is 141 cm³/mol. The highest BCUT2D eigenvalue weighted by atomic mass is 32.1. The fraction of sp³-hybridized carbons (Fsp3) is 0.560. The Bertz CT molecular complexity index is 1000. The van der Waals surface area contributed by atoms with Crippen molar-refractivity contribution in [2.45, 2.75) is 51.8 Å². The molecule has 0 aromatic carbocycles. The second kappa shape index (κ2) is 15.2. The quantitative estimate of drug-likeness (QED) is 0.290. The van der Waals surface area contributed by atoms with Gasteiger partial charge < -0.3 is 25.2 Å². The van der Waals surface area contributed by atoms with Gasteiger partial charge in [-0.1, -0.05) is 0 Å². The molecule has 37 heavy (non-hydrogen) atoms. The fourth-order valence-corrected chi connectivity index (χ4v) is 5.71. The summed E-state index contributed by atoms with van der Waals surface area (Å²) in [5, 5.41) is 36.0. The normalized spacial score (nSPS) is 14.3. The number of aliphatic hydroxyl groups is 1. The van der Waals surface area contributed by atoms with Crippen molar-refractivity contribution in [2.24, 2.45) is 0 Å². The van der Waals surface area contributed by atoms with Gasteiger partial charge in [0.2, 0.25) is 0 Å². The molecule has 0 amide bonds. The molecule has 2 aromatic rings. The molecule has 0 spiro atoms. The number of thiophene rings is 2. The minimum absolute atomic E-state index is 0.895. The lowest BCUT2D eigenvalue weighted by atomic mass is 9.96. The summed E-state index contributed by atoms with van der Waals surface area (Å²) in [6, 6.07) is 6.76. The van der Waals surface area contributed by atoms with E-state index >= 15 is 0 Å². The van der Waals surface area contributed by atoms with E-state index < -0.39 is 36.4 Å². The maximum atomic E-state index is 10.3. The Balaban J connectivity index is 0.000000317. The van der Waals surface area contributed by atoms with Gasteiger partial charge in [0.1, 0.15) is 0 Å². The number of carbonyl (C=O) groups is 3. The zero-order valence-electron chi connectivity index (χ0n) is 21.2. The predicted octanol–water partition coefficient (Wildman–Crippen LogP) is 2.90. The largest absolute Gasteiger partial charge is 0.481 e. The van der Waals surface area contributed by atoms with Crippen LogP contribution in [0.3, 0.4) is 0 Å². The molecule has 206 valence electrons. The summed E-state index contributed by atoms with van der Waals surface area (Å²) in [5.74, 6) is -5.02. The Morgan fingerprint density at radius 3 is 2.16 bits per heavy atom. The van der Waals surface area contributed by atoms with Gasteiger partial charge in [-0.3, -0.25) is 19.4 Å². The zero-order valence-corrected chi connectivity index (χ0v) is 22.9.